The number of aromatic nitrogens is 1. The molecule has 0 unspecified atom stereocenters. The number of fused-ring (bicyclic) bond motifs is 1. The average molecular weight is 343 g/mol. The summed E-state index contributed by atoms with van der Waals surface area (Å²) in [4.78, 5) is 10.2. The van der Waals surface area contributed by atoms with E-state index in [4.69, 9.17) is 10.5 Å². The maximum atomic E-state index is 5.96. The molecule has 0 amide bonds. The van der Waals surface area contributed by atoms with Crippen LogP contribution in [0.4, 0.5) is 0 Å². The van der Waals surface area contributed by atoms with E-state index in [-0.39, 0.29) is 0 Å². The van der Waals surface area contributed by atoms with Crippen molar-refractivity contribution in [3.63, 3.8) is 0 Å². The van der Waals surface area contributed by atoms with Crippen LogP contribution in [0.15, 0.2) is 29.4 Å². The molecule has 0 radical (unpaired) electrons. The molecule has 1 aromatic carbocycles. The van der Waals surface area contributed by atoms with Gasteiger partial charge < -0.3 is 20.8 Å². The summed E-state index contributed by atoms with van der Waals surface area (Å²) in [7, 11) is 0. The predicted molar refractivity (Wildman–Crippen MR) is 103 cm³/mol. The number of rotatable bonds is 7. The van der Waals surface area contributed by atoms with E-state index in [0.717, 1.165) is 58.8 Å². The number of nitrogens with one attached hydrogen (secondary N) is 2. The molecule has 2 aromatic rings. The third-order valence-electron chi connectivity index (χ3n) is 4.64. The zero-order valence-corrected chi connectivity index (χ0v) is 15.1. The first kappa shape index (κ1) is 17.8. The summed E-state index contributed by atoms with van der Waals surface area (Å²) in [6.07, 6.45) is 4.04. The van der Waals surface area contributed by atoms with Crippen LogP contribution in [0.1, 0.15) is 17.5 Å². The SMILES string of the molecule is Cc1ccc2c(CCNC(N)=NCCCN3CCOCC3)c[nH]c2c1. The standard InChI is InChI=1S/C19H29N5O/c1-15-3-4-17-16(14-23-18(17)13-15)5-7-22-19(20)21-6-2-8-24-9-11-25-12-10-24/h3-4,13-14,23H,2,5-12H2,1H3,(H3,20,21,22). The normalized spacial score (nSPS) is 16.4. The van der Waals surface area contributed by atoms with E-state index in [1.165, 1.54) is 22.0 Å². The number of morpholine rings is 1. The highest BCUT2D eigenvalue weighted by Crippen LogP contribution is 2.19. The Hall–Kier alpha value is -2.05. The van der Waals surface area contributed by atoms with Gasteiger partial charge in [0.1, 0.15) is 0 Å². The molecule has 0 bridgehead atoms. The lowest BCUT2D eigenvalue weighted by Crippen LogP contribution is -2.37. The molecule has 2 heterocycles. The van der Waals surface area contributed by atoms with E-state index < -0.39 is 0 Å². The fraction of sp³-hybridized carbons (Fsp3) is 0.526. The molecule has 6 nitrogen and oxygen atoms in total. The Morgan fingerprint density at radius 1 is 1.36 bits per heavy atom. The van der Waals surface area contributed by atoms with Crippen molar-refractivity contribution in [3.8, 4) is 0 Å². The van der Waals surface area contributed by atoms with Crippen molar-refractivity contribution in [2.24, 2.45) is 10.7 Å². The Kier molecular flexibility index (Phi) is 6.30. The Morgan fingerprint density at radius 3 is 3.04 bits per heavy atom. The van der Waals surface area contributed by atoms with Crippen LogP contribution in [-0.2, 0) is 11.2 Å². The highest BCUT2D eigenvalue weighted by Gasteiger charge is 2.09. The molecular weight excluding hydrogens is 314 g/mol. The molecule has 1 aromatic heterocycles. The van der Waals surface area contributed by atoms with Gasteiger partial charge in [-0.25, -0.2) is 0 Å². The summed E-state index contributed by atoms with van der Waals surface area (Å²) in [5.74, 6) is 0.540. The second-order valence-electron chi connectivity index (χ2n) is 6.61. The number of benzene rings is 1. The van der Waals surface area contributed by atoms with Gasteiger partial charge in [0.25, 0.3) is 0 Å². The number of aryl methyl sites for hydroxylation is 1. The number of hydrogen-bond donors (Lipinski definition) is 3. The molecule has 136 valence electrons. The van der Waals surface area contributed by atoms with Gasteiger partial charge in [0.05, 0.1) is 13.2 Å². The van der Waals surface area contributed by atoms with Crippen molar-refractivity contribution < 1.29 is 4.74 Å². The minimum atomic E-state index is 0.540. The monoisotopic (exact) mass is 343 g/mol. The Labute approximate surface area is 149 Å². The predicted octanol–water partition coefficient (Wildman–Crippen LogP) is 1.65. The average Bonchev–Trinajstić information content (AvgIpc) is 3.02. The summed E-state index contributed by atoms with van der Waals surface area (Å²) >= 11 is 0. The summed E-state index contributed by atoms with van der Waals surface area (Å²) in [6.45, 7) is 8.48. The minimum absolute atomic E-state index is 0.540. The number of ether oxygens (including phenoxy) is 1. The lowest BCUT2D eigenvalue weighted by Gasteiger charge is -2.26. The van der Waals surface area contributed by atoms with Gasteiger partial charge in [0, 0.05) is 49.8 Å². The first-order valence-corrected chi connectivity index (χ1v) is 9.13. The number of aliphatic imine (C=N–C) groups is 1. The summed E-state index contributed by atoms with van der Waals surface area (Å²) in [5, 5.41) is 4.50. The topological polar surface area (TPSA) is 78.7 Å². The Bertz CT molecular complexity index is 703. The Balaban J connectivity index is 1.37. The van der Waals surface area contributed by atoms with E-state index >= 15 is 0 Å². The fourth-order valence-electron chi connectivity index (χ4n) is 3.21. The van der Waals surface area contributed by atoms with Gasteiger partial charge in [0.15, 0.2) is 5.96 Å². The first-order chi connectivity index (χ1) is 12.2. The number of H-pyrrole nitrogens is 1. The number of guanidine groups is 1. The third-order valence-corrected chi connectivity index (χ3v) is 4.64. The lowest BCUT2D eigenvalue weighted by molar-refractivity contribution is 0.0377. The molecule has 1 saturated heterocycles. The molecule has 1 aliphatic rings. The van der Waals surface area contributed by atoms with E-state index in [2.05, 4.69) is 51.5 Å². The molecule has 3 rings (SSSR count). The molecule has 0 spiro atoms. The van der Waals surface area contributed by atoms with Crippen LogP contribution in [0.2, 0.25) is 0 Å². The van der Waals surface area contributed by atoms with Crippen LogP contribution in [-0.4, -0.2) is 61.8 Å². The van der Waals surface area contributed by atoms with E-state index in [1.54, 1.807) is 0 Å². The number of hydrogen-bond acceptors (Lipinski definition) is 3. The van der Waals surface area contributed by atoms with Gasteiger partial charge in [-0.3, -0.25) is 9.89 Å². The number of aromatic amines is 1. The van der Waals surface area contributed by atoms with Crippen molar-refractivity contribution in [2.75, 3.05) is 45.9 Å². The minimum Gasteiger partial charge on any atom is -0.379 e. The molecule has 0 saturated carbocycles. The second-order valence-corrected chi connectivity index (χ2v) is 6.61. The maximum absolute atomic E-state index is 5.96. The summed E-state index contributed by atoms with van der Waals surface area (Å²) in [6, 6.07) is 6.51. The van der Waals surface area contributed by atoms with Gasteiger partial charge in [0.2, 0.25) is 0 Å². The highest BCUT2D eigenvalue weighted by molar-refractivity contribution is 5.84. The zero-order valence-electron chi connectivity index (χ0n) is 15.1. The van der Waals surface area contributed by atoms with Crippen molar-refractivity contribution in [1.82, 2.24) is 15.2 Å². The van der Waals surface area contributed by atoms with Crippen LogP contribution in [0, 0.1) is 6.92 Å². The van der Waals surface area contributed by atoms with Crippen molar-refractivity contribution in [2.45, 2.75) is 19.8 Å². The fourth-order valence-corrected chi connectivity index (χ4v) is 3.21. The van der Waals surface area contributed by atoms with E-state index in [1.807, 2.05) is 0 Å². The molecule has 0 atom stereocenters. The zero-order chi connectivity index (χ0) is 17.5. The first-order valence-electron chi connectivity index (χ1n) is 9.13. The van der Waals surface area contributed by atoms with Crippen LogP contribution in [0.25, 0.3) is 10.9 Å². The van der Waals surface area contributed by atoms with Gasteiger partial charge in [-0.2, -0.15) is 0 Å². The van der Waals surface area contributed by atoms with Crippen molar-refractivity contribution in [3.05, 3.63) is 35.5 Å². The highest BCUT2D eigenvalue weighted by atomic mass is 16.5. The van der Waals surface area contributed by atoms with Gasteiger partial charge in [-0.05, 0) is 37.0 Å². The van der Waals surface area contributed by atoms with Gasteiger partial charge in [-0.15, -0.1) is 0 Å². The van der Waals surface area contributed by atoms with E-state index in [9.17, 15) is 0 Å². The van der Waals surface area contributed by atoms with Crippen LogP contribution in [0.3, 0.4) is 0 Å². The smallest absolute Gasteiger partial charge is 0.188 e. The van der Waals surface area contributed by atoms with E-state index in [0.29, 0.717) is 5.96 Å². The van der Waals surface area contributed by atoms with Crippen molar-refractivity contribution >= 4 is 16.9 Å². The quantitative estimate of drug-likeness (QED) is 0.406. The molecule has 25 heavy (non-hydrogen) atoms. The van der Waals surface area contributed by atoms with Crippen molar-refractivity contribution in [1.29, 1.82) is 0 Å². The molecule has 1 aliphatic heterocycles. The molecule has 1 fully saturated rings. The molecular formula is C19H29N5O. The third kappa shape index (κ3) is 5.21. The maximum Gasteiger partial charge on any atom is 0.188 e. The second kappa shape index (κ2) is 8.87. The lowest BCUT2D eigenvalue weighted by atomic mass is 10.1. The van der Waals surface area contributed by atoms with Gasteiger partial charge in [-0.1, -0.05) is 12.1 Å². The molecule has 0 aliphatic carbocycles. The molecule has 6 heteroatoms. The van der Waals surface area contributed by atoms with Crippen LogP contribution >= 0.6 is 0 Å². The Morgan fingerprint density at radius 2 is 2.20 bits per heavy atom. The van der Waals surface area contributed by atoms with Crippen LogP contribution in [0.5, 0.6) is 0 Å². The molecule has 4 N–H and O–H groups in total. The summed E-state index contributed by atoms with van der Waals surface area (Å²) < 4.78 is 5.35. The largest absolute Gasteiger partial charge is 0.379 e. The number of nitrogens with zero attached hydrogens (tertiary/aromatic N) is 2. The van der Waals surface area contributed by atoms with Crippen LogP contribution < -0.4 is 11.1 Å². The number of nitrogens with two attached hydrogens (primary N) is 1. The van der Waals surface area contributed by atoms with Gasteiger partial charge >= 0.3 is 0 Å². The summed E-state index contributed by atoms with van der Waals surface area (Å²) in [5.41, 5.74) is 9.74.